The zero-order valence-electron chi connectivity index (χ0n) is 7.90. The maximum Gasteiger partial charge on any atom is 0.149 e. The van der Waals surface area contributed by atoms with Crippen molar-refractivity contribution in [3.8, 4) is 0 Å². The van der Waals surface area contributed by atoms with Crippen LogP contribution in [0.2, 0.25) is 0 Å². The molecule has 14 heavy (non-hydrogen) atoms. The van der Waals surface area contributed by atoms with E-state index in [-0.39, 0.29) is 0 Å². The van der Waals surface area contributed by atoms with Crippen molar-refractivity contribution in [1.29, 1.82) is 0 Å². The van der Waals surface area contributed by atoms with E-state index < -0.39 is 0 Å². The Morgan fingerprint density at radius 1 is 1.50 bits per heavy atom. The number of rotatable bonds is 3. The van der Waals surface area contributed by atoms with Crippen LogP contribution in [0.4, 0.5) is 5.82 Å². The van der Waals surface area contributed by atoms with Crippen molar-refractivity contribution in [2.45, 2.75) is 13.5 Å². The van der Waals surface area contributed by atoms with Crippen LogP contribution in [-0.4, -0.2) is 10.2 Å². The number of nitrogens with zero attached hydrogens (tertiary/aromatic N) is 2. The fraction of sp³-hybridized carbons (Fsp3) is 0.200. The number of hydrogen-bond donors (Lipinski definition) is 1. The number of anilines is 1. The van der Waals surface area contributed by atoms with Crippen LogP contribution in [0.3, 0.4) is 0 Å². The maximum atomic E-state index is 4.95. The van der Waals surface area contributed by atoms with Crippen LogP contribution in [0.5, 0.6) is 0 Å². The van der Waals surface area contributed by atoms with Crippen LogP contribution >= 0.6 is 0 Å². The molecule has 0 saturated heterocycles. The van der Waals surface area contributed by atoms with Gasteiger partial charge in [-0.2, -0.15) is 5.10 Å². The maximum absolute atomic E-state index is 4.95. The average Bonchev–Trinajstić information content (AvgIpc) is 2.67. The van der Waals surface area contributed by atoms with E-state index in [1.165, 1.54) is 0 Å². The Hall–Kier alpha value is -1.84. The van der Waals surface area contributed by atoms with Crippen molar-refractivity contribution in [1.82, 2.24) is 10.2 Å². The van der Waals surface area contributed by atoms with Gasteiger partial charge in [0.1, 0.15) is 5.82 Å². The molecule has 0 aromatic carbocycles. The molecule has 0 saturated carbocycles. The summed E-state index contributed by atoms with van der Waals surface area (Å²) in [5.41, 5.74) is 2.18. The highest BCUT2D eigenvalue weighted by Gasteiger charge is 1.96. The van der Waals surface area contributed by atoms with Gasteiger partial charge in [-0.3, -0.25) is 0 Å². The average molecular weight is 189 g/mol. The van der Waals surface area contributed by atoms with E-state index in [2.05, 4.69) is 15.5 Å². The molecule has 2 aromatic rings. The normalized spacial score (nSPS) is 10.1. The second-order valence-electron chi connectivity index (χ2n) is 3.10. The Morgan fingerprint density at radius 3 is 3.14 bits per heavy atom. The minimum atomic E-state index is 0.703. The van der Waals surface area contributed by atoms with Gasteiger partial charge in [-0.25, -0.2) is 0 Å². The molecular weight excluding hydrogens is 178 g/mol. The van der Waals surface area contributed by atoms with E-state index in [1.54, 1.807) is 18.7 Å². The first-order valence-corrected chi connectivity index (χ1v) is 4.39. The van der Waals surface area contributed by atoms with Gasteiger partial charge in [0, 0.05) is 12.1 Å². The zero-order chi connectivity index (χ0) is 9.80. The zero-order valence-corrected chi connectivity index (χ0v) is 7.90. The third-order valence-electron chi connectivity index (χ3n) is 1.84. The lowest BCUT2D eigenvalue weighted by molar-refractivity contribution is 0.564. The Morgan fingerprint density at radius 2 is 2.43 bits per heavy atom. The quantitative estimate of drug-likeness (QED) is 0.802. The molecule has 2 aromatic heterocycles. The van der Waals surface area contributed by atoms with E-state index in [9.17, 15) is 0 Å². The lowest BCUT2D eigenvalue weighted by Crippen LogP contribution is -2.01. The fourth-order valence-corrected chi connectivity index (χ4v) is 1.14. The first-order valence-electron chi connectivity index (χ1n) is 4.39. The number of hydrogen-bond acceptors (Lipinski definition) is 4. The highest BCUT2D eigenvalue weighted by molar-refractivity contribution is 5.35. The summed E-state index contributed by atoms with van der Waals surface area (Å²) in [6, 6.07) is 3.86. The molecular formula is C10H11N3O. The lowest BCUT2D eigenvalue weighted by Gasteiger charge is -2.02. The van der Waals surface area contributed by atoms with E-state index >= 15 is 0 Å². The molecule has 2 heterocycles. The summed E-state index contributed by atoms with van der Waals surface area (Å²) in [5, 5.41) is 10.9. The van der Waals surface area contributed by atoms with Gasteiger partial charge < -0.3 is 9.73 Å². The molecule has 2 rings (SSSR count). The summed E-state index contributed by atoms with van der Waals surface area (Å²) in [6.07, 6.45) is 5.08. The summed E-state index contributed by atoms with van der Waals surface area (Å²) in [4.78, 5) is 0. The first kappa shape index (κ1) is 8.74. The minimum Gasteiger partial charge on any atom is -0.472 e. The number of furan rings is 1. The van der Waals surface area contributed by atoms with E-state index in [1.807, 2.05) is 19.1 Å². The number of aromatic nitrogens is 2. The molecule has 0 spiro atoms. The molecule has 0 aliphatic rings. The molecule has 0 bridgehead atoms. The van der Waals surface area contributed by atoms with Crippen LogP contribution < -0.4 is 5.32 Å². The van der Waals surface area contributed by atoms with Gasteiger partial charge in [0.15, 0.2) is 0 Å². The highest BCUT2D eigenvalue weighted by Crippen LogP contribution is 2.06. The van der Waals surface area contributed by atoms with Gasteiger partial charge in [0.25, 0.3) is 0 Å². The molecule has 0 amide bonds. The Labute approximate surface area is 82.0 Å². The van der Waals surface area contributed by atoms with Gasteiger partial charge in [-0.15, -0.1) is 5.10 Å². The summed E-state index contributed by atoms with van der Waals surface area (Å²) in [7, 11) is 0. The minimum absolute atomic E-state index is 0.703. The summed E-state index contributed by atoms with van der Waals surface area (Å²) in [6.45, 7) is 2.69. The van der Waals surface area contributed by atoms with Crippen molar-refractivity contribution in [3.63, 3.8) is 0 Å². The van der Waals surface area contributed by atoms with Crippen LogP contribution in [0.1, 0.15) is 11.1 Å². The Balaban J connectivity index is 1.98. The van der Waals surface area contributed by atoms with Crippen molar-refractivity contribution >= 4 is 5.82 Å². The number of aryl methyl sites for hydroxylation is 1. The van der Waals surface area contributed by atoms with E-state index in [0.717, 1.165) is 16.9 Å². The van der Waals surface area contributed by atoms with Gasteiger partial charge >= 0.3 is 0 Å². The van der Waals surface area contributed by atoms with Crippen LogP contribution in [0.25, 0.3) is 0 Å². The van der Waals surface area contributed by atoms with Crippen LogP contribution in [0, 0.1) is 6.92 Å². The summed E-state index contributed by atoms with van der Waals surface area (Å²) in [5.74, 6) is 0.784. The van der Waals surface area contributed by atoms with E-state index in [0.29, 0.717) is 6.54 Å². The van der Waals surface area contributed by atoms with Gasteiger partial charge in [-0.1, -0.05) is 0 Å². The predicted octanol–water partition coefficient (Wildman–Crippen LogP) is 1.99. The van der Waals surface area contributed by atoms with Crippen molar-refractivity contribution in [2.75, 3.05) is 5.32 Å². The number of nitrogens with one attached hydrogen (secondary N) is 1. The summed E-state index contributed by atoms with van der Waals surface area (Å²) >= 11 is 0. The predicted molar refractivity (Wildman–Crippen MR) is 52.8 cm³/mol. The van der Waals surface area contributed by atoms with E-state index in [4.69, 9.17) is 4.42 Å². The third kappa shape index (κ3) is 2.10. The highest BCUT2D eigenvalue weighted by atomic mass is 16.3. The molecule has 4 nitrogen and oxygen atoms in total. The molecule has 4 heteroatoms. The molecule has 0 aliphatic carbocycles. The molecule has 0 atom stereocenters. The third-order valence-corrected chi connectivity index (χ3v) is 1.84. The van der Waals surface area contributed by atoms with Crippen molar-refractivity contribution in [2.24, 2.45) is 0 Å². The fourth-order valence-electron chi connectivity index (χ4n) is 1.14. The Bertz CT molecular complexity index is 398. The van der Waals surface area contributed by atoms with Gasteiger partial charge in [0.2, 0.25) is 0 Å². The molecule has 0 aliphatic heterocycles. The van der Waals surface area contributed by atoms with Crippen molar-refractivity contribution in [3.05, 3.63) is 42.0 Å². The smallest absolute Gasteiger partial charge is 0.149 e. The first-order chi connectivity index (χ1) is 6.84. The van der Waals surface area contributed by atoms with Crippen molar-refractivity contribution < 1.29 is 4.42 Å². The molecule has 0 fully saturated rings. The lowest BCUT2D eigenvalue weighted by atomic mass is 10.3. The van der Waals surface area contributed by atoms with Crippen LogP contribution in [0.15, 0.2) is 35.3 Å². The molecule has 0 unspecified atom stereocenters. The molecule has 1 N–H and O–H groups in total. The SMILES string of the molecule is Cc1cnnc(NCc2ccoc2)c1. The molecule has 72 valence electrons. The second-order valence-corrected chi connectivity index (χ2v) is 3.10. The summed E-state index contributed by atoms with van der Waals surface area (Å²) < 4.78 is 4.95. The molecule has 0 radical (unpaired) electrons. The monoisotopic (exact) mass is 189 g/mol. The second kappa shape index (κ2) is 3.91. The van der Waals surface area contributed by atoms with Crippen LogP contribution in [-0.2, 0) is 6.54 Å². The van der Waals surface area contributed by atoms with Gasteiger partial charge in [-0.05, 0) is 24.6 Å². The standard InChI is InChI=1S/C10H11N3O/c1-8-4-10(13-12-5-8)11-6-9-2-3-14-7-9/h2-5,7H,6H2,1H3,(H,11,13). The topological polar surface area (TPSA) is 51.0 Å². The Kier molecular flexibility index (Phi) is 2.44. The largest absolute Gasteiger partial charge is 0.472 e. The van der Waals surface area contributed by atoms with Gasteiger partial charge in [0.05, 0.1) is 18.7 Å².